The minimum atomic E-state index is -0.968. The molecule has 1 aliphatic rings. The Hall–Kier alpha value is -3.33. The molecule has 1 aliphatic heterocycles. The van der Waals surface area contributed by atoms with Gasteiger partial charge in [0, 0.05) is 41.5 Å². The number of carbonyl (C=O) groups excluding carboxylic acids is 1. The molecule has 0 radical (unpaired) electrons. The van der Waals surface area contributed by atoms with Crippen LogP contribution in [0.3, 0.4) is 0 Å². The second kappa shape index (κ2) is 11.2. The number of halogens is 1. The first-order valence-corrected chi connectivity index (χ1v) is 13.6. The van der Waals surface area contributed by atoms with Crippen LogP contribution in [0.4, 0.5) is 5.82 Å². The lowest BCUT2D eigenvalue weighted by Gasteiger charge is -2.34. The number of hydrogen-bond acceptors (Lipinski definition) is 5. The zero-order valence-electron chi connectivity index (χ0n) is 22.4. The fourth-order valence-corrected chi connectivity index (χ4v) is 5.07. The Morgan fingerprint density at radius 3 is 2.61 bits per heavy atom. The van der Waals surface area contributed by atoms with E-state index < -0.39 is 23.5 Å². The maximum absolute atomic E-state index is 13.4. The molecule has 9 nitrogen and oxygen atoms in total. The van der Waals surface area contributed by atoms with Gasteiger partial charge in [0.05, 0.1) is 11.6 Å². The monoisotopic (exact) mass is 541 g/mol. The molecule has 204 valence electrons. The predicted octanol–water partition coefficient (Wildman–Crippen LogP) is 4.59. The average Bonchev–Trinajstić information content (AvgIpc) is 3.53. The van der Waals surface area contributed by atoms with Gasteiger partial charge in [-0.3, -0.25) is 23.4 Å². The van der Waals surface area contributed by atoms with E-state index in [-0.39, 0.29) is 11.5 Å². The van der Waals surface area contributed by atoms with Crippen LogP contribution in [0.25, 0.3) is 17.0 Å². The number of unbranched alkanes of at least 4 members (excludes halogenated alkanes) is 2. The molecule has 38 heavy (non-hydrogen) atoms. The largest absolute Gasteiger partial charge is 0.481 e. The van der Waals surface area contributed by atoms with Crippen molar-refractivity contribution in [2.24, 2.45) is 5.92 Å². The summed E-state index contributed by atoms with van der Waals surface area (Å²) in [7, 11) is 0. The van der Waals surface area contributed by atoms with Crippen molar-refractivity contribution in [2.75, 3.05) is 11.4 Å². The maximum atomic E-state index is 13.4. The summed E-state index contributed by atoms with van der Waals surface area (Å²) in [6.07, 6.45) is 6.10. The number of fused-ring (bicyclic) bond motifs is 1. The van der Waals surface area contributed by atoms with E-state index >= 15 is 0 Å². The first-order chi connectivity index (χ1) is 18.0. The number of carbonyl (C=O) groups is 2. The van der Waals surface area contributed by atoms with E-state index in [1.165, 1.54) is 0 Å². The lowest BCUT2D eigenvalue weighted by molar-refractivity contribution is -0.144. The minimum Gasteiger partial charge on any atom is -0.481 e. The summed E-state index contributed by atoms with van der Waals surface area (Å²) in [5, 5.41) is 13.1. The van der Waals surface area contributed by atoms with E-state index in [1.807, 2.05) is 21.6 Å². The number of aryl methyl sites for hydroxylation is 1. The van der Waals surface area contributed by atoms with Gasteiger partial charge in [-0.1, -0.05) is 43.5 Å². The van der Waals surface area contributed by atoms with E-state index in [0.717, 1.165) is 31.2 Å². The fourth-order valence-electron chi connectivity index (χ4n) is 4.95. The highest BCUT2D eigenvalue weighted by Crippen LogP contribution is 2.29. The van der Waals surface area contributed by atoms with Gasteiger partial charge in [-0.2, -0.15) is 0 Å². The SMILES string of the molecule is CCCCCn1c(N2CCC[C@H]2C(=O)NC(C)(C)C(C)C(=O)O)cc(=O)n2cc(-c3ccc(Cl)cc3)nc12. The fraction of sp³-hybridized carbons (Fsp3) is 0.500. The van der Waals surface area contributed by atoms with E-state index in [4.69, 9.17) is 16.6 Å². The molecule has 2 aromatic heterocycles. The number of amides is 1. The van der Waals surface area contributed by atoms with Gasteiger partial charge in [-0.05, 0) is 52.2 Å². The third-order valence-corrected chi connectivity index (χ3v) is 7.82. The number of rotatable bonds is 10. The molecule has 1 aromatic carbocycles. The first kappa shape index (κ1) is 27.7. The number of benzene rings is 1. The number of nitrogens with one attached hydrogen (secondary N) is 1. The molecule has 1 amide bonds. The van der Waals surface area contributed by atoms with Crippen LogP contribution in [0.15, 0.2) is 41.3 Å². The Morgan fingerprint density at radius 1 is 1.24 bits per heavy atom. The van der Waals surface area contributed by atoms with Crippen molar-refractivity contribution in [1.82, 2.24) is 19.3 Å². The molecule has 10 heteroatoms. The van der Waals surface area contributed by atoms with Gasteiger partial charge in [-0.25, -0.2) is 4.98 Å². The second-order valence-electron chi connectivity index (χ2n) is 10.6. The van der Waals surface area contributed by atoms with Gasteiger partial charge < -0.3 is 15.3 Å². The molecule has 2 N–H and O–H groups in total. The molecule has 1 unspecified atom stereocenters. The Balaban J connectivity index is 1.75. The van der Waals surface area contributed by atoms with Gasteiger partial charge in [-0.15, -0.1) is 0 Å². The molecule has 0 aliphatic carbocycles. The zero-order chi connectivity index (χ0) is 27.6. The van der Waals surface area contributed by atoms with Crippen LogP contribution in [0.1, 0.15) is 59.8 Å². The highest BCUT2D eigenvalue weighted by Gasteiger charge is 2.38. The van der Waals surface area contributed by atoms with E-state index in [0.29, 0.717) is 41.8 Å². The number of aromatic nitrogens is 3. The van der Waals surface area contributed by atoms with Crippen molar-refractivity contribution in [3.8, 4) is 11.3 Å². The molecule has 1 saturated heterocycles. The molecule has 3 heterocycles. The number of imidazole rings is 1. The molecule has 0 bridgehead atoms. The summed E-state index contributed by atoms with van der Waals surface area (Å²) in [6.45, 7) is 8.43. The number of hydrogen-bond donors (Lipinski definition) is 2. The van der Waals surface area contributed by atoms with Crippen LogP contribution in [0.5, 0.6) is 0 Å². The van der Waals surface area contributed by atoms with Crippen LogP contribution in [-0.4, -0.2) is 49.1 Å². The molecule has 1 fully saturated rings. The van der Waals surface area contributed by atoms with Crippen molar-refractivity contribution >= 4 is 35.1 Å². The minimum absolute atomic E-state index is 0.222. The lowest BCUT2D eigenvalue weighted by atomic mass is 9.88. The van der Waals surface area contributed by atoms with Gasteiger partial charge in [0.25, 0.3) is 5.56 Å². The van der Waals surface area contributed by atoms with Crippen molar-refractivity contribution in [2.45, 2.75) is 77.9 Å². The maximum Gasteiger partial charge on any atom is 0.308 e. The number of anilines is 1. The summed E-state index contributed by atoms with van der Waals surface area (Å²) in [4.78, 5) is 45.1. The highest BCUT2D eigenvalue weighted by atomic mass is 35.5. The Kier molecular flexibility index (Phi) is 8.16. The summed E-state index contributed by atoms with van der Waals surface area (Å²) in [6, 6.07) is 8.40. The van der Waals surface area contributed by atoms with Gasteiger partial charge in [0.1, 0.15) is 11.9 Å². The summed E-state index contributed by atoms with van der Waals surface area (Å²) in [5.74, 6) is -0.781. The Bertz CT molecular complexity index is 1380. The van der Waals surface area contributed by atoms with Crippen LogP contribution in [0.2, 0.25) is 5.02 Å². The average molecular weight is 542 g/mol. The second-order valence-corrected chi connectivity index (χ2v) is 11.1. The van der Waals surface area contributed by atoms with Crippen molar-refractivity contribution in [3.05, 3.63) is 51.9 Å². The first-order valence-electron chi connectivity index (χ1n) is 13.2. The number of carboxylic acids is 1. The third kappa shape index (κ3) is 5.57. The lowest BCUT2D eigenvalue weighted by Crippen LogP contribution is -2.56. The summed E-state index contributed by atoms with van der Waals surface area (Å²) in [5.41, 5.74) is 0.367. The van der Waals surface area contributed by atoms with E-state index in [1.54, 1.807) is 49.6 Å². The van der Waals surface area contributed by atoms with Crippen LogP contribution in [0, 0.1) is 5.92 Å². The van der Waals surface area contributed by atoms with Crippen LogP contribution >= 0.6 is 11.6 Å². The predicted molar refractivity (Wildman–Crippen MR) is 149 cm³/mol. The molecule has 0 saturated carbocycles. The molecular weight excluding hydrogens is 506 g/mol. The van der Waals surface area contributed by atoms with Crippen LogP contribution < -0.4 is 15.8 Å². The number of carboxylic acid groups (broad SMARTS) is 1. The molecular formula is C28H36ClN5O4. The Morgan fingerprint density at radius 2 is 1.95 bits per heavy atom. The zero-order valence-corrected chi connectivity index (χ0v) is 23.2. The van der Waals surface area contributed by atoms with E-state index in [9.17, 15) is 19.5 Å². The van der Waals surface area contributed by atoms with Crippen molar-refractivity contribution < 1.29 is 14.7 Å². The van der Waals surface area contributed by atoms with Crippen LogP contribution in [-0.2, 0) is 16.1 Å². The summed E-state index contributed by atoms with van der Waals surface area (Å²) < 4.78 is 3.59. The third-order valence-electron chi connectivity index (χ3n) is 7.57. The number of aliphatic carboxylic acids is 1. The highest BCUT2D eigenvalue weighted by molar-refractivity contribution is 6.30. The molecule has 3 aromatic rings. The molecule has 2 atom stereocenters. The number of nitrogens with zero attached hydrogens (tertiary/aromatic N) is 4. The normalized spacial score (nSPS) is 16.7. The van der Waals surface area contributed by atoms with Gasteiger partial charge in [0.15, 0.2) is 0 Å². The smallest absolute Gasteiger partial charge is 0.308 e. The molecule has 4 rings (SSSR count). The topological polar surface area (TPSA) is 109 Å². The molecule has 0 spiro atoms. The van der Waals surface area contributed by atoms with Gasteiger partial charge in [0.2, 0.25) is 11.7 Å². The van der Waals surface area contributed by atoms with Gasteiger partial charge >= 0.3 is 5.97 Å². The van der Waals surface area contributed by atoms with Crippen molar-refractivity contribution in [1.29, 1.82) is 0 Å². The van der Waals surface area contributed by atoms with Crippen molar-refractivity contribution in [3.63, 3.8) is 0 Å². The standard InChI is InChI=1S/C28H36ClN5O4/c1-5-6-7-14-33-23(32-15-8-9-22(32)25(36)31-28(3,4)18(2)26(37)38)16-24(35)34-17-21(30-27(33)34)19-10-12-20(29)13-11-19/h10-13,16-18,22H,5-9,14-15H2,1-4H3,(H,31,36)(H,37,38)/t18?,22-/m0/s1. The Labute approximate surface area is 227 Å². The quantitative estimate of drug-likeness (QED) is 0.363. The summed E-state index contributed by atoms with van der Waals surface area (Å²) >= 11 is 6.06. The van der Waals surface area contributed by atoms with E-state index in [2.05, 4.69) is 12.2 Å².